The Balaban J connectivity index is 1.84. The molecule has 0 aliphatic heterocycles. The van der Waals surface area contributed by atoms with Gasteiger partial charge in [0.15, 0.2) is 0 Å². The first-order chi connectivity index (χ1) is 13.6. The summed E-state index contributed by atoms with van der Waals surface area (Å²) in [6.45, 7) is 1.92. The van der Waals surface area contributed by atoms with E-state index >= 15 is 0 Å². The van der Waals surface area contributed by atoms with Gasteiger partial charge in [-0.3, -0.25) is 9.52 Å². The Morgan fingerprint density at radius 2 is 1.79 bits per heavy atom. The molecule has 0 aliphatic rings. The van der Waals surface area contributed by atoms with Crippen LogP contribution in [0.2, 0.25) is 0 Å². The number of amides is 1. The van der Waals surface area contributed by atoms with E-state index in [-0.39, 0.29) is 35.9 Å². The highest BCUT2D eigenvalue weighted by Gasteiger charge is 2.30. The third-order valence-electron chi connectivity index (χ3n) is 3.71. The van der Waals surface area contributed by atoms with Crippen molar-refractivity contribution in [2.24, 2.45) is 0 Å². The average Bonchev–Trinajstić information content (AvgIpc) is 2.64. The van der Waals surface area contributed by atoms with E-state index in [1.54, 1.807) is 13.0 Å². The number of anilines is 1. The average molecular weight is 430 g/mol. The number of alkyl halides is 3. The molecule has 0 saturated heterocycles. The molecule has 0 heterocycles. The van der Waals surface area contributed by atoms with E-state index in [0.29, 0.717) is 6.42 Å². The lowest BCUT2D eigenvalue weighted by atomic mass is 10.2. The van der Waals surface area contributed by atoms with Crippen molar-refractivity contribution in [2.75, 3.05) is 23.6 Å². The van der Waals surface area contributed by atoms with E-state index in [4.69, 9.17) is 4.74 Å². The van der Waals surface area contributed by atoms with Gasteiger partial charge in [0.2, 0.25) is 10.0 Å². The number of nitrogens with one attached hydrogen (secondary N) is 2. The molecule has 2 aromatic rings. The Hall–Kier alpha value is -2.75. The monoisotopic (exact) mass is 430 g/mol. The minimum Gasteiger partial charge on any atom is -0.492 e. The lowest BCUT2D eigenvalue weighted by molar-refractivity contribution is -0.137. The number of hydrogen-bond acceptors (Lipinski definition) is 4. The van der Waals surface area contributed by atoms with Gasteiger partial charge in [0.25, 0.3) is 5.91 Å². The van der Waals surface area contributed by atoms with Crippen molar-refractivity contribution in [1.82, 2.24) is 5.32 Å². The van der Waals surface area contributed by atoms with Crippen LogP contribution in [0, 0.1) is 0 Å². The maximum atomic E-state index is 12.5. The zero-order valence-electron chi connectivity index (χ0n) is 15.6. The molecule has 0 aliphatic carbocycles. The Bertz CT molecular complexity index is 929. The van der Waals surface area contributed by atoms with Crippen LogP contribution in [-0.4, -0.2) is 33.2 Å². The predicted molar refractivity (Wildman–Crippen MR) is 103 cm³/mol. The number of ether oxygens (including phenoxy) is 1. The van der Waals surface area contributed by atoms with Gasteiger partial charge in [-0.05, 0) is 48.9 Å². The third-order valence-corrected chi connectivity index (χ3v) is 5.20. The molecule has 0 radical (unpaired) electrons. The fraction of sp³-hybridized carbons (Fsp3) is 0.316. The Labute approximate surface area is 167 Å². The molecule has 6 nitrogen and oxygen atoms in total. The molecule has 2 aromatic carbocycles. The van der Waals surface area contributed by atoms with Crippen LogP contribution in [-0.2, 0) is 16.2 Å². The van der Waals surface area contributed by atoms with Gasteiger partial charge in [0, 0.05) is 11.3 Å². The van der Waals surface area contributed by atoms with E-state index in [9.17, 15) is 26.4 Å². The zero-order valence-corrected chi connectivity index (χ0v) is 16.4. The normalized spacial score (nSPS) is 11.7. The van der Waals surface area contributed by atoms with Gasteiger partial charge in [0.05, 0.1) is 17.9 Å². The van der Waals surface area contributed by atoms with Crippen molar-refractivity contribution in [2.45, 2.75) is 19.5 Å². The summed E-state index contributed by atoms with van der Waals surface area (Å²) in [5.74, 6) is -0.206. The first-order valence-corrected chi connectivity index (χ1v) is 10.4. The molecular weight excluding hydrogens is 409 g/mol. The van der Waals surface area contributed by atoms with Crippen molar-refractivity contribution in [3.05, 3.63) is 59.7 Å². The summed E-state index contributed by atoms with van der Waals surface area (Å²) in [6.07, 6.45) is -3.94. The summed E-state index contributed by atoms with van der Waals surface area (Å²) >= 11 is 0. The van der Waals surface area contributed by atoms with Crippen LogP contribution in [0.25, 0.3) is 0 Å². The third kappa shape index (κ3) is 7.30. The second kappa shape index (κ2) is 9.64. The Kier molecular flexibility index (Phi) is 7.49. The molecule has 0 bridgehead atoms. The van der Waals surface area contributed by atoms with E-state index < -0.39 is 27.7 Å². The molecule has 0 saturated carbocycles. The van der Waals surface area contributed by atoms with Gasteiger partial charge in [-0.2, -0.15) is 13.2 Å². The van der Waals surface area contributed by atoms with Crippen LogP contribution in [0.15, 0.2) is 48.5 Å². The first kappa shape index (κ1) is 22.5. The second-order valence-corrected chi connectivity index (χ2v) is 7.97. The highest BCUT2D eigenvalue weighted by Crippen LogP contribution is 2.30. The van der Waals surface area contributed by atoms with Gasteiger partial charge in [-0.15, -0.1) is 0 Å². The number of carbonyl (C=O) groups is 1. The fourth-order valence-electron chi connectivity index (χ4n) is 2.40. The molecular formula is C19H21F3N2O4S. The maximum Gasteiger partial charge on any atom is 0.416 e. The summed E-state index contributed by atoms with van der Waals surface area (Å²) in [5.41, 5.74) is -0.226. The number of sulfonamides is 1. The predicted octanol–water partition coefficient (Wildman–Crippen LogP) is 3.67. The van der Waals surface area contributed by atoms with Gasteiger partial charge in [-0.25, -0.2) is 8.42 Å². The molecule has 1 amide bonds. The standard InChI is InChI=1S/C19H21F3N2O4S/c1-2-12-29(26,27)24-16-5-3-4-14(13-16)18(25)23-10-11-28-17-8-6-15(7-9-17)19(20,21)22/h3-9,13,24H,2,10-12H2,1H3,(H,23,25). The SMILES string of the molecule is CCCS(=O)(=O)Nc1cccc(C(=O)NCCOc2ccc(C(F)(F)F)cc2)c1. The number of halogens is 3. The number of rotatable bonds is 9. The fourth-order valence-corrected chi connectivity index (χ4v) is 3.52. The van der Waals surface area contributed by atoms with Crippen LogP contribution in [0.3, 0.4) is 0 Å². The van der Waals surface area contributed by atoms with E-state index in [0.717, 1.165) is 12.1 Å². The highest BCUT2D eigenvalue weighted by atomic mass is 32.2. The second-order valence-electron chi connectivity index (χ2n) is 6.13. The van der Waals surface area contributed by atoms with Crippen molar-refractivity contribution in [3.63, 3.8) is 0 Å². The van der Waals surface area contributed by atoms with Gasteiger partial charge in [0.1, 0.15) is 12.4 Å². The van der Waals surface area contributed by atoms with E-state index in [2.05, 4.69) is 10.0 Å². The molecule has 158 valence electrons. The lowest BCUT2D eigenvalue weighted by Gasteiger charge is -2.11. The quantitative estimate of drug-likeness (QED) is 0.595. The summed E-state index contributed by atoms with van der Waals surface area (Å²) < 4.78 is 68.9. The van der Waals surface area contributed by atoms with Gasteiger partial charge >= 0.3 is 6.18 Å². The van der Waals surface area contributed by atoms with Crippen LogP contribution in [0.1, 0.15) is 29.3 Å². The molecule has 10 heteroatoms. The molecule has 29 heavy (non-hydrogen) atoms. The molecule has 0 unspecified atom stereocenters. The Morgan fingerprint density at radius 1 is 1.10 bits per heavy atom. The Morgan fingerprint density at radius 3 is 2.41 bits per heavy atom. The summed E-state index contributed by atoms with van der Waals surface area (Å²) in [6, 6.07) is 10.3. The van der Waals surface area contributed by atoms with Crippen LogP contribution in [0.4, 0.5) is 18.9 Å². The van der Waals surface area contributed by atoms with Crippen molar-refractivity contribution in [1.29, 1.82) is 0 Å². The summed E-state index contributed by atoms with van der Waals surface area (Å²) in [5, 5.41) is 2.60. The minimum atomic E-state index is -4.41. The van der Waals surface area contributed by atoms with Crippen molar-refractivity contribution in [3.8, 4) is 5.75 Å². The van der Waals surface area contributed by atoms with Gasteiger partial charge < -0.3 is 10.1 Å². The molecule has 0 fully saturated rings. The topological polar surface area (TPSA) is 84.5 Å². The van der Waals surface area contributed by atoms with Gasteiger partial charge in [-0.1, -0.05) is 13.0 Å². The first-order valence-electron chi connectivity index (χ1n) is 8.79. The van der Waals surface area contributed by atoms with E-state index in [1.807, 2.05) is 0 Å². The van der Waals surface area contributed by atoms with Crippen molar-refractivity contribution >= 4 is 21.6 Å². The molecule has 2 N–H and O–H groups in total. The summed E-state index contributed by atoms with van der Waals surface area (Å²) in [4.78, 5) is 12.2. The smallest absolute Gasteiger partial charge is 0.416 e. The van der Waals surface area contributed by atoms with Crippen LogP contribution in [0.5, 0.6) is 5.75 Å². The maximum absolute atomic E-state index is 12.5. The molecule has 0 aromatic heterocycles. The van der Waals surface area contributed by atoms with Crippen LogP contribution >= 0.6 is 0 Å². The number of carbonyl (C=O) groups excluding carboxylic acids is 1. The largest absolute Gasteiger partial charge is 0.492 e. The summed E-state index contributed by atoms with van der Waals surface area (Å²) in [7, 11) is -3.46. The van der Waals surface area contributed by atoms with Crippen LogP contribution < -0.4 is 14.8 Å². The zero-order chi connectivity index (χ0) is 21.5. The lowest BCUT2D eigenvalue weighted by Crippen LogP contribution is -2.28. The minimum absolute atomic E-state index is 0.0231. The molecule has 0 atom stereocenters. The van der Waals surface area contributed by atoms with E-state index in [1.165, 1.54) is 30.3 Å². The highest BCUT2D eigenvalue weighted by molar-refractivity contribution is 7.92. The van der Waals surface area contributed by atoms with Crippen molar-refractivity contribution < 1.29 is 31.1 Å². The molecule has 0 spiro atoms. The number of benzene rings is 2. The number of hydrogen-bond donors (Lipinski definition) is 2. The molecule has 2 rings (SSSR count).